The highest BCUT2D eigenvalue weighted by Gasteiger charge is 2.23. The van der Waals surface area contributed by atoms with E-state index in [-0.39, 0.29) is 23.9 Å². The molecule has 380 valence electrons. The van der Waals surface area contributed by atoms with Gasteiger partial charge in [-0.25, -0.2) is 19.2 Å². The van der Waals surface area contributed by atoms with Crippen LogP contribution in [0.15, 0.2) is 72.8 Å². The van der Waals surface area contributed by atoms with Gasteiger partial charge in [0.05, 0.1) is 94.2 Å². The van der Waals surface area contributed by atoms with Gasteiger partial charge in [-0.05, 0) is 158 Å². The smallest absolute Gasteiger partial charge is 0.338 e. The molecule has 16 nitrogen and oxygen atoms in total. The van der Waals surface area contributed by atoms with Gasteiger partial charge in [-0.3, -0.25) is 0 Å². The van der Waals surface area contributed by atoms with Gasteiger partial charge >= 0.3 is 23.9 Å². The van der Waals surface area contributed by atoms with Crippen LogP contribution in [0.3, 0.4) is 0 Å². The fourth-order valence-corrected chi connectivity index (χ4v) is 8.12. The Morgan fingerprint density at radius 2 is 0.600 bits per heavy atom. The molecule has 0 unspecified atom stereocenters. The molecule has 4 aliphatic rings. The van der Waals surface area contributed by atoms with Crippen molar-refractivity contribution in [2.45, 2.75) is 142 Å². The molecule has 4 saturated carbocycles. The van der Waals surface area contributed by atoms with Gasteiger partial charge < -0.3 is 63.1 Å². The largest absolute Gasteiger partial charge is 0.462 e. The minimum atomic E-state index is -0.327. The van der Waals surface area contributed by atoms with Crippen molar-refractivity contribution >= 4 is 69.4 Å². The third kappa shape index (κ3) is 17.3. The maximum absolute atomic E-state index is 11.6. The first-order valence-electron chi connectivity index (χ1n) is 25.1. The molecule has 4 fully saturated rings. The molecule has 0 spiro atoms. The number of nitrogens with two attached hydrogens (primary N) is 4. The summed E-state index contributed by atoms with van der Waals surface area (Å²) in [7, 11) is 0. The Kier molecular flexibility index (Phi) is 21.6. The van der Waals surface area contributed by atoms with Gasteiger partial charge in [0.15, 0.2) is 0 Å². The van der Waals surface area contributed by atoms with Gasteiger partial charge in [0.2, 0.25) is 0 Å². The van der Waals surface area contributed by atoms with E-state index in [1.807, 2.05) is 24.3 Å². The first-order valence-corrected chi connectivity index (χ1v) is 25.1. The number of hydrogen-bond donors (Lipinski definition) is 8. The van der Waals surface area contributed by atoms with Crippen LogP contribution >= 0.6 is 0 Å². The lowest BCUT2D eigenvalue weighted by Gasteiger charge is -2.28. The fraction of sp³-hybridized carbons (Fsp3) is 0.481. The van der Waals surface area contributed by atoms with Gasteiger partial charge in [-0.1, -0.05) is 32.1 Å². The monoisotopic (exact) mass is 965 g/mol. The number of benzene rings is 4. The summed E-state index contributed by atoms with van der Waals surface area (Å²) in [5, 5.41) is 13.6. The molecule has 0 aromatic heterocycles. The highest BCUT2D eigenvalue weighted by Crippen LogP contribution is 2.31. The van der Waals surface area contributed by atoms with Crippen molar-refractivity contribution in [2.24, 2.45) is 0 Å². The first kappa shape index (κ1) is 54.1. The van der Waals surface area contributed by atoms with Gasteiger partial charge in [0.1, 0.15) is 0 Å². The van der Waals surface area contributed by atoms with Crippen molar-refractivity contribution in [3.05, 3.63) is 95.1 Å². The van der Waals surface area contributed by atoms with E-state index < -0.39 is 0 Å². The third-order valence-corrected chi connectivity index (χ3v) is 12.3. The van der Waals surface area contributed by atoms with Crippen molar-refractivity contribution in [3.63, 3.8) is 0 Å². The Morgan fingerprint density at radius 1 is 0.371 bits per heavy atom. The molecule has 0 saturated heterocycles. The average molecular weight is 965 g/mol. The first-order chi connectivity index (χ1) is 33.8. The van der Waals surface area contributed by atoms with Crippen molar-refractivity contribution < 1.29 is 38.1 Å². The number of rotatable bonds is 16. The van der Waals surface area contributed by atoms with Crippen molar-refractivity contribution in [1.82, 2.24) is 0 Å². The Balaban J connectivity index is 0.000000174. The summed E-state index contributed by atoms with van der Waals surface area (Å²) in [5.74, 6) is -1.29. The second kappa shape index (κ2) is 28.0. The minimum absolute atomic E-state index is 0.321. The normalized spacial score (nSPS) is 15.4. The molecule has 0 amide bonds. The molecular weight excluding hydrogens is 889 g/mol. The SMILES string of the molecule is CCOC(=O)c1ccc(NC2CC2)c(N)c1.CCOC(=O)c1ccc(NC2CCC2)c(N)c1.CCOC(=O)c1ccc(NC2CCCC2)c(N)c1.CCOC(=O)c1ccc(NC2CCCCC2)c(N)c1. The van der Waals surface area contributed by atoms with Crippen LogP contribution in [0, 0.1) is 0 Å². The molecule has 0 atom stereocenters. The second-order valence-corrected chi connectivity index (χ2v) is 17.9. The molecular formula is C54H76N8O8. The summed E-state index contributed by atoms with van der Waals surface area (Å²) in [6.45, 7) is 8.65. The van der Waals surface area contributed by atoms with Gasteiger partial charge in [0.25, 0.3) is 0 Å². The van der Waals surface area contributed by atoms with E-state index in [0.717, 1.165) is 22.7 Å². The number of ether oxygens (including phenoxy) is 4. The van der Waals surface area contributed by atoms with Crippen LogP contribution in [-0.4, -0.2) is 74.5 Å². The molecule has 70 heavy (non-hydrogen) atoms. The number of nitrogen functional groups attached to an aromatic ring is 4. The summed E-state index contributed by atoms with van der Waals surface area (Å²) >= 11 is 0. The quantitative estimate of drug-likeness (QED) is 0.0295. The zero-order valence-corrected chi connectivity index (χ0v) is 41.5. The average Bonchev–Trinajstić information content (AvgIpc) is 4.01. The van der Waals surface area contributed by atoms with Gasteiger partial charge in [-0.15, -0.1) is 0 Å². The number of anilines is 8. The van der Waals surface area contributed by atoms with E-state index in [4.69, 9.17) is 41.9 Å². The van der Waals surface area contributed by atoms with Gasteiger partial charge in [-0.2, -0.15) is 0 Å². The number of hydrogen-bond acceptors (Lipinski definition) is 16. The minimum Gasteiger partial charge on any atom is -0.462 e. The lowest BCUT2D eigenvalue weighted by molar-refractivity contribution is 0.0517. The lowest BCUT2D eigenvalue weighted by Crippen LogP contribution is -2.27. The maximum atomic E-state index is 11.6. The van der Waals surface area contributed by atoms with Crippen molar-refractivity contribution in [3.8, 4) is 0 Å². The zero-order valence-electron chi connectivity index (χ0n) is 41.5. The standard InChI is InChI=1S/C15H22N2O2.C14H20N2O2.C13H18N2O2.C12H16N2O2/c1-2-19-15(18)11-8-9-14(13(16)10-11)17-12-6-4-3-5-7-12;1-2-18-14(17)10-7-8-13(12(15)9-10)16-11-5-3-4-6-11;1-2-17-13(16)9-6-7-12(11(14)8-9)15-10-4-3-5-10;1-2-16-12(15)8-3-6-11(10(13)7-8)14-9-4-5-9/h8-10,12,17H,2-7,16H2,1H3;7-9,11,16H,2-6,15H2,1H3;6-8,10,15H,2-5,14H2,1H3;3,6-7,9,14H,2,4-5,13H2,1H3. The van der Waals surface area contributed by atoms with E-state index in [9.17, 15) is 19.2 Å². The summed E-state index contributed by atoms with van der Waals surface area (Å²) in [6.07, 6.45) is 17.3. The molecule has 16 heteroatoms. The topological polar surface area (TPSA) is 257 Å². The number of carbonyl (C=O) groups is 4. The van der Waals surface area contributed by atoms with Crippen LogP contribution in [-0.2, 0) is 18.9 Å². The maximum Gasteiger partial charge on any atom is 0.338 e. The van der Waals surface area contributed by atoms with E-state index >= 15 is 0 Å². The van der Waals surface area contributed by atoms with Crippen LogP contribution in [0.2, 0.25) is 0 Å². The predicted octanol–water partition coefficient (Wildman–Crippen LogP) is 10.4. The van der Waals surface area contributed by atoms with E-state index in [1.54, 1.807) is 76.2 Å². The predicted molar refractivity (Wildman–Crippen MR) is 282 cm³/mol. The number of nitrogens with one attached hydrogen (secondary N) is 4. The van der Waals surface area contributed by atoms with E-state index in [0.29, 0.717) is 95.6 Å². The van der Waals surface area contributed by atoms with E-state index in [2.05, 4.69) is 21.3 Å². The Morgan fingerprint density at radius 3 is 0.800 bits per heavy atom. The summed E-state index contributed by atoms with van der Waals surface area (Å²) < 4.78 is 19.7. The molecule has 8 rings (SSSR count). The molecule has 0 heterocycles. The van der Waals surface area contributed by atoms with Crippen LogP contribution in [0.5, 0.6) is 0 Å². The van der Waals surface area contributed by atoms with Crippen LogP contribution in [0.25, 0.3) is 0 Å². The van der Waals surface area contributed by atoms with Crippen molar-refractivity contribution in [2.75, 3.05) is 70.6 Å². The number of esters is 4. The van der Waals surface area contributed by atoms with Crippen molar-refractivity contribution in [1.29, 1.82) is 0 Å². The Labute approximate surface area is 413 Å². The molecule has 12 N–H and O–H groups in total. The second-order valence-electron chi connectivity index (χ2n) is 17.9. The lowest BCUT2D eigenvalue weighted by atomic mass is 9.93. The number of carbonyl (C=O) groups excluding carboxylic acids is 4. The third-order valence-electron chi connectivity index (χ3n) is 12.3. The zero-order chi connectivity index (χ0) is 50.4. The van der Waals surface area contributed by atoms with Crippen LogP contribution in [0.1, 0.15) is 159 Å². The highest BCUT2D eigenvalue weighted by atomic mass is 16.5. The molecule has 4 aliphatic carbocycles. The molecule has 0 bridgehead atoms. The van der Waals surface area contributed by atoms with E-state index in [1.165, 1.54) is 89.9 Å². The highest BCUT2D eigenvalue weighted by molar-refractivity contribution is 5.94. The molecule has 4 aromatic rings. The Hall–Kier alpha value is -6.84. The summed E-state index contributed by atoms with van der Waals surface area (Å²) in [4.78, 5) is 46.1. The van der Waals surface area contributed by atoms with Crippen LogP contribution in [0.4, 0.5) is 45.5 Å². The molecule has 4 aromatic carbocycles. The molecule has 0 aliphatic heterocycles. The fourth-order valence-electron chi connectivity index (χ4n) is 8.12. The van der Waals surface area contributed by atoms with Gasteiger partial charge in [0, 0.05) is 24.2 Å². The summed E-state index contributed by atoms with van der Waals surface area (Å²) in [6, 6.07) is 23.2. The van der Waals surface area contributed by atoms with Crippen LogP contribution < -0.4 is 44.2 Å². The summed E-state index contributed by atoms with van der Waals surface area (Å²) in [5.41, 5.74) is 31.8. The Bertz CT molecular complexity index is 2320. The molecule has 0 radical (unpaired) electrons.